The van der Waals surface area contributed by atoms with Crippen LogP contribution in [0.25, 0.3) is 0 Å². The number of aryl methyl sites for hydroxylation is 1. The number of benzene rings is 1. The maximum Gasteiger partial charge on any atom is 0.433 e. The molecule has 142 valence electrons. The smallest absolute Gasteiger partial charge is 0.366 e. The van der Waals surface area contributed by atoms with E-state index in [4.69, 9.17) is 0 Å². The SMILES string of the molecule is Cc1ccc(CNc2cc(C(F)(F)F)nc(NCCCN(C)C)n2)cc1. The number of nitrogens with zero attached hydrogens (tertiary/aromatic N) is 3. The van der Waals surface area contributed by atoms with Gasteiger partial charge in [-0.05, 0) is 39.5 Å². The van der Waals surface area contributed by atoms with Crippen molar-refractivity contribution in [1.82, 2.24) is 14.9 Å². The van der Waals surface area contributed by atoms with E-state index in [2.05, 4.69) is 20.6 Å². The first-order valence-electron chi connectivity index (χ1n) is 8.38. The fraction of sp³-hybridized carbons (Fsp3) is 0.444. The summed E-state index contributed by atoms with van der Waals surface area (Å²) in [5.41, 5.74) is 1.12. The summed E-state index contributed by atoms with van der Waals surface area (Å²) in [4.78, 5) is 9.74. The second-order valence-corrected chi connectivity index (χ2v) is 6.38. The van der Waals surface area contributed by atoms with Gasteiger partial charge in [-0.1, -0.05) is 29.8 Å². The van der Waals surface area contributed by atoms with Crippen LogP contribution in [0, 0.1) is 6.92 Å². The van der Waals surface area contributed by atoms with E-state index < -0.39 is 11.9 Å². The molecule has 1 aromatic carbocycles. The second kappa shape index (κ2) is 8.84. The molecule has 1 heterocycles. The van der Waals surface area contributed by atoms with Crippen LogP contribution >= 0.6 is 0 Å². The fourth-order valence-corrected chi connectivity index (χ4v) is 2.26. The largest absolute Gasteiger partial charge is 0.433 e. The molecule has 0 saturated heterocycles. The van der Waals surface area contributed by atoms with Crippen LogP contribution in [0.15, 0.2) is 30.3 Å². The van der Waals surface area contributed by atoms with Crippen molar-refractivity contribution in [2.24, 2.45) is 0 Å². The van der Waals surface area contributed by atoms with Gasteiger partial charge in [-0.25, -0.2) is 4.98 Å². The summed E-state index contributed by atoms with van der Waals surface area (Å²) in [6.07, 6.45) is -3.75. The Kier molecular flexibility index (Phi) is 6.79. The van der Waals surface area contributed by atoms with E-state index in [9.17, 15) is 13.2 Å². The average molecular weight is 367 g/mol. The van der Waals surface area contributed by atoms with Gasteiger partial charge < -0.3 is 15.5 Å². The van der Waals surface area contributed by atoms with Crippen molar-refractivity contribution in [3.05, 3.63) is 47.2 Å². The molecule has 8 heteroatoms. The van der Waals surface area contributed by atoms with Crippen LogP contribution in [-0.4, -0.2) is 42.1 Å². The third kappa shape index (κ3) is 6.51. The van der Waals surface area contributed by atoms with E-state index in [1.807, 2.05) is 50.2 Å². The Labute approximate surface area is 151 Å². The molecule has 0 fully saturated rings. The molecule has 2 rings (SSSR count). The average Bonchev–Trinajstić information content (AvgIpc) is 2.57. The zero-order chi connectivity index (χ0) is 19.2. The van der Waals surface area contributed by atoms with E-state index in [0.717, 1.165) is 30.2 Å². The van der Waals surface area contributed by atoms with Crippen LogP contribution < -0.4 is 10.6 Å². The van der Waals surface area contributed by atoms with Crippen LogP contribution in [0.5, 0.6) is 0 Å². The molecule has 2 N–H and O–H groups in total. The van der Waals surface area contributed by atoms with Crippen LogP contribution in [-0.2, 0) is 12.7 Å². The summed E-state index contributed by atoms with van der Waals surface area (Å²) in [7, 11) is 3.88. The molecule has 0 amide bonds. The van der Waals surface area contributed by atoms with Gasteiger partial charge in [0.1, 0.15) is 5.82 Å². The second-order valence-electron chi connectivity index (χ2n) is 6.38. The first-order chi connectivity index (χ1) is 12.2. The number of rotatable bonds is 8. The monoisotopic (exact) mass is 367 g/mol. The molecule has 0 radical (unpaired) electrons. The van der Waals surface area contributed by atoms with Gasteiger partial charge in [0.15, 0.2) is 5.69 Å². The van der Waals surface area contributed by atoms with Gasteiger partial charge in [0.05, 0.1) is 0 Å². The maximum absolute atomic E-state index is 13.1. The van der Waals surface area contributed by atoms with Gasteiger partial charge in [0, 0.05) is 19.2 Å². The van der Waals surface area contributed by atoms with Crippen molar-refractivity contribution in [1.29, 1.82) is 0 Å². The fourth-order valence-electron chi connectivity index (χ4n) is 2.26. The molecule has 0 unspecified atom stereocenters. The normalized spacial score (nSPS) is 11.7. The Morgan fingerprint density at radius 1 is 1.04 bits per heavy atom. The zero-order valence-corrected chi connectivity index (χ0v) is 15.2. The van der Waals surface area contributed by atoms with Gasteiger partial charge in [0.25, 0.3) is 0 Å². The zero-order valence-electron chi connectivity index (χ0n) is 15.2. The van der Waals surface area contributed by atoms with Crippen LogP contribution in [0.2, 0.25) is 0 Å². The molecule has 26 heavy (non-hydrogen) atoms. The summed E-state index contributed by atoms with van der Waals surface area (Å²) in [6.45, 7) is 3.68. The van der Waals surface area contributed by atoms with Gasteiger partial charge in [0.2, 0.25) is 5.95 Å². The Hall–Kier alpha value is -2.35. The Morgan fingerprint density at radius 2 is 1.73 bits per heavy atom. The number of hydrogen-bond acceptors (Lipinski definition) is 5. The first-order valence-corrected chi connectivity index (χ1v) is 8.38. The minimum atomic E-state index is -4.52. The molecule has 0 aliphatic heterocycles. The van der Waals surface area contributed by atoms with Crippen molar-refractivity contribution < 1.29 is 13.2 Å². The molecule has 1 aromatic heterocycles. The standard InChI is InChI=1S/C18H24F3N5/c1-13-5-7-14(8-6-13)12-23-16-11-15(18(19,20)21)24-17(25-16)22-9-4-10-26(2)3/h5-8,11H,4,9-10,12H2,1-3H3,(H2,22,23,24,25). The lowest BCUT2D eigenvalue weighted by atomic mass is 10.1. The van der Waals surface area contributed by atoms with E-state index in [1.54, 1.807) is 0 Å². The van der Waals surface area contributed by atoms with Crippen molar-refractivity contribution in [2.75, 3.05) is 37.8 Å². The molecule has 2 aromatic rings. The lowest BCUT2D eigenvalue weighted by Crippen LogP contribution is -2.18. The molecular weight excluding hydrogens is 343 g/mol. The molecule has 0 spiro atoms. The highest BCUT2D eigenvalue weighted by Crippen LogP contribution is 2.29. The lowest BCUT2D eigenvalue weighted by Gasteiger charge is -2.14. The van der Waals surface area contributed by atoms with Crippen LogP contribution in [0.1, 0.15) is 23.2 Å². The molecule has 0 aliphatic carbocycles. The Bertz CT molecular complexity index is 699. The predicted octanol–water partition coefficient (Wildman–Crippen LogP) is 3.78. The van der Waals surface area contributed by atoms with Crippen molar-refractivity contribution in [3.8, 4) is 0 Å². The van der Waals surface area contributed by atoms with Crippen LogP contribution in [0.4, 0.5) is 24.9 Å². The summed E-state index contributed by atoms with van der Waals surface area (Å²) < 4.78 is 39.3. The maximum atomic E-state index is 13.1. The Balaban J connectivity index is 2.08. The molecule has 0 bridgehead atoms. The first kappa shape index (κ1) is 20.0. The van der Waals surface area contributed by atoms with E-state index in [-0.39, 0.29) is 11.8 Å². The van der Waals surface area contributed by atoms with Gasteiger partial charge in [-0.2, -0.15) is 18.2 Å². The van der Waals surface area contributed by atoms with Crippen molar-refractivity contribution >= 4 is 11.8 Å². The summed E-state index contributed by atoms with van der Waals surface area (Å²) in [6, 6.07) is 8.69. The molecule has 5 nitrogen and oxygen atoms in total. The van der Waals surface area contributed by atoms with E-state index in [0.29, 0.717) is 13.1 Å². The topological polar surface area (TPSA) is 53.1 Å². The molecule has 0 aliphatic rings. The minimum absolute atomic E-state index is 0.0232. The van der Waals surface area contributed by atoms with Gasteiger partial charge in [-0.15, -0.1) is 0 Å². The minimum Gasteiger partial charge on any atom is -0.366 e. The molecule has 0 atom stereocenters. The number of hydrogen-bond donors (Lipinski definition) is 2. The van der Waals surface area contributed by atoms with Crippen molar-refractivity contribution in [2.45, 2.75) is 26.1 Å². The third-order valence-corrected chi connectivity index (χ3v) is 3.68. The highest BCUT2D eigenvalue weighted by Gasteiger charge is 2.33. The van der Waals surface area contributed by atoms with Crippen molar-refractivity contribution in [3.63, 3.8) is 0 Å². The third-order valence-electron chi connectivity index (χ3n) is 3.68. The van der Waals surface area contributed by atoms with Gasteiger partial charge >= 0.3 is 6.18 Å². The lowest BCUT2D eigenvalue weighted by molar-refractivity contribution is -0.141. The summed E-state index contributed by atoms with van der Waals surface area (Å²) >= 11 is 0. The number of nitrogens with one attached hydrogen (secondary N) is 2. The summed E-state index contributed by atoms with van der Waals surface area (Å²) in [5, 5.41) is 5.81. The Morgan fingerprint density at radius 3 is 2.35 bits per heavy atom. The molecule has 0 saturated carbocycles. The molecular formula is C18H24F3N5. The highest BCUT2D eigenvalue weighted by molar-refractivity contribution is 5.43. The van der Waals surface area contributed by atoms with E-state index in [1.165, 1.54) is 0 Å². The summed E-state index contributed by atoms with van der Waals surface area (Å²) in [5.74, 6) is 0.119. The number of anilines is 2. The number of halogens is 3. The van der Waals surface area contributed by atoms with E-state index >= 15 is 0 Å². The van der Waals surface area contributed by atoms with Crippen LogP contribution in [0.3, 0.4) is 0 Å². The predicted molar refractivity (Wildman–Crippen MR) is 97.2 cm³/mol. The quantitative estimate of drug-likeness (QED) is 0.696. The number of aromatic nitrogens is 2. The van der Waals surface area contributed by atoms with Gasteiger partial charge in [-0.3, -0.25) is 0 Å². The highest BCUT2D eigenvalue weighted by atomic mass is 19.4. The number of alkyl halides is 3.